The van der Waals surface area contributed by atoms with Gasteiger partial charge in [0, 0.05) is 12.6 Å². The molecule has 0 fully saturated rings. The number of methoxy groups -OCH3 is 1. The molecule has 3 rings (SSSR count). The van der Waals surface area contributed by atoms with Gasteiger partial charge in [0.2, 0.25) is 11.8 Å². The first-order chi connectivity index (χ1) is 18.7. The van der Waals surface area contributed by atoms with E-state index in [9.17, 15) is 18.0 Å². The summed E-state index contributed by atoms with van der Waals surface area (Å²) in [5.41, 5.74) is 1.24. The van der Waals surface area contributed by atoms with Crippen LogP contribution in [0.25, 0.3) is 0 Å². The summed E-state index contributed by atoms with van der Waals surface area (Å²) in [4.78, 5) is 28.5. The molecule has 0 saturated carbocycles. The van der Waals surface area contributed by atoms with E-state index in [-0.39, 0.29) is 29.1 Å². The van der Waals surface area contributed by atoms with E-state index >= 15 is 0 Å². The first kappa shape index (κ1) is 29.7. The molecule has 0 radical (unpaired) electrons. The van der Waals surface area contributed by atoms with Crippen molar-refractivity contribution in [2.75, 3.05) is 24.5 Å². The molecule has 2 atom stereocenters. The predicted molar refractivity (Wildman–Crippen MR) is 153 cm³/mol. The lowest BCUT2D eigenvalue weighted by Gasteiger charge is -2.32. The number of para-hydroxylation sites is 2. The zero-order valence-electron chi connectivity index (χ0n) is 22.9. The highest BCUT2D eigenvalue weighted by atomic mass is 32.2. The molecule has 0 unspecified atom stereocenters. The van der Waals surface area contributed by atoms with E-state index in [1.807, 2.05) is 44.2 Å². The van der Waals surface area contributed by atoms with Gasteiger partial charge in [-0.3, -0.25) is 13.9 Å². The van der Waals surface area contributed by atoms with E-state index < -0.39 is 28.5 Å². The van der Waals surface area contributed by atoms with Crippen molar-refractivity contribution in [1.82, 2.24) is 10.2 Å². The number of nitrogens with one attached hydrogen (secondary N) is 1. The summed E-state index contributed by atoms with van der Waals surface area (Å²) in [5.74, 6) is -0.480. The summed E-state index contributed by atoms with van der Waals surface area (Å²) < 4.78 is 34.2. The minimum absolute atomic E-state index is 0.0436. The van der Waals surface area contributed by atoms with E-state index in [1.165, 1.54) is 24.1 Å². The van der Waals surface area contributed by atoms with Crippen LogP contribution in [0.4, 0.5) is 5.69 Å². The number of benzene rings is 3. The molecule has 0 aliphatic rings. The Hall–Kier alpha value is -3.85. The molecule has 0 bridgehead atoms. The Bertz CT molecular complexity index is 1330. The van der Waals surface area contributed by atoms with E-state index in [1.54, 1.807) is 49.4 Å². The summed E-state index contributed by atoms with van der Waals surface area (Å²) in [5, 5.41) is 2.94. The van der Waals surface area contributed by atoms with Gasteiger partial charge in [-0.25, -0.2) is 8.42 Å². The monoisotopic (exact) mass is 551 g/mol. The molecule has 0 aliphatic carbocycles. The van der Waals surface area contributed by atoms with Crippen molar-refractivity contribution in [3.63, 3.8) is 0 Å². The van der Waals surface area contributed by atoms with Crippen LogP contribution in [0.3, 0.4) is 0 Å². The molecular formula is C30H37N3O5S. The summed E-state index contributed by atoms with van der Waals surface area (Å²) in [6.45, 7) is 5.26. The fourth-order valence-corrected chi connectivity index (χ4v) is 5.55. The van der Waals surface area contributed by atoms with Crippen LogP contribution in [0.1, 0.15) is 32.8 Å². The molecule has 0 aromatic heterocycles. The van der Waals surface area contributed by atoms with Crippen LogP contribution in [-0.4, -0.2) is 57.4 Å². The Labute approximate surface area is 231 Å². The van der Waals surface area contributed by atoms with E-state index in [2.05, 4.69) is 5.32 Å². The average molecular weight is 552 g/mol. The number of carbonyl (C=O) groups excluding carboxylic acids is 2. The van der Waals surface area contributed by atoms with Gasteiger partial charge in [0.25, 0.3) is 10.0 Å². The number of ether oxygens (including phenoxy) is 1. The normalized spacial score (nSPS) is 12.7. The summed E-state index contributed by atoms with van der Waals surface area (Å²) in [6, 6.07) is 23.4. The summed E-state index contributed by atoms with van der Waals surface area (Å²) in [7, 11) is -2.70. The van der Waals surface area contributed by atoms with Gasteiger partial charge in [-0.2, -0.15) is 0 Å². The first-order valence-corrected chi connectivity index (χ1v) is 14.5. The Balaban J connectivity index is 1.99. The third-order valence-corrected chi connectivity index (χ3v) is 8.39. The molecule has 9 heteroatoms. The van der Waals surface area contributed by atoms with Crippen LogP contribution in [0.15, 0.2) is 89.8 Å². The maximum Gasteiger partial charge on any atom is 0.264 e. The highest BCUT2D eigenvalue weighted by Crippen LogP contribution is 2.32. The van der Waals surface area contributed by atoms with Gasteiger partial charge in [-0.1, -0.05) is 67.6 Å². The van der Waals surface area contributed by atoms with Crippen LogP contribution >= 0.6 is 0 Å². The molecule has 39 heavy (non-hydrogen) atoms. The smallest absolute Gasteiger partial charge is 0.264 e. The van der Waals surface area contributed by atoms with Gasteiger partial charge < -0.3 is 15.0 Å². The highest BCUT2D eigenvalue weighted by Gasteiger charge is 2.33. The highest BCUT2D eigenvalue weighted by molar-refractivity contribution is 7.92. The van der Waals surface area contributed by atoms with Gasteiger partial charge in [-0.05, 0) is 56.5 Å². The van der Waals surface area contributed by atoms with Crippen LogP contribution in [0.2, 0.25) is 0 Å². The quantitative estimate of drug-likeness (QED) is 0.342. The predicted octanol–water partition coefficient (Wildman–Crippen LogP) is 4.27. The van der Waals surface area contributed by atoms with Crippen molar-refractivity contribution < 1.29 is 22.7 Å². The lowest BCUT2D eigenvalue weighted by molar-refractivity contribution is -0.139. The Morgan fingerprint density at radius 1 is 0.897 bits per heavy atom. The summed E-state index contributed by atoms with van der Waals surface area (Å²) in [6.07, 6.45) is 1.25. The molecule has 0 heterocycles. The molecule has 0 saturated heterocycles. The van der Waals surface area contributed by atoms with E-state index in [0.29, 0.717) is 12.2 Å². The average Bonchev–Trinajstić information content (AvgIpc) is 2.96. The zero-order chi connectivity index (χ0) is 28.4. The van der Waals surface area contributed by atoms with Gasteiger partial charge in [-0.15, -0.1) is 0 Å². The maximum absolute atomic E-state index is 13.9. The number of rotatable bonds is 13. The molecule has 0 aliphatic heterocycles. The molecule has 0 spiro atoms. The number of anilines is 1. The van der Waals surface area contributed by atoms with Crippen molar-refractivity contribution in [2.24, 2.45) is 0 Å². The second kappa shape index (κ2) is 13.8. The third-order valence-electron chi connectivity index (χ3n) is 6.62. The van der Waals surface area contributed by atoms with Gasteiger partial charge >= 0.3 is 0 Å². The number of nitrogens with zero attached hydrogens (tertiary/aromatic N) is 2. The molecule has 3 aromatic carbocycles. The van der Waals surface area contributed by atoms with Crippen molar-refractivity contribution >= 4 is 27.5 Å². The van der Waals surface area contributed by atoms with Crippen molar-refractivity contribution in [2.45, 2.75) is 50.6 Å². The fraction of sp³-hybridized carbons (Fsp3) is 0.333. The number of hydrogen-bond donors (Lipinski definition) is 1. The van der Waals surface area contributed by atoms with E-state index in [4.69, 9.17) is 4.74 Å². The minimum atomic E-state index is -4.15. The standard InChI is InChI=1S/C30H37N3O5S/c1-5-23(2)31-30(35)24(3)32(21-20-25-14-8-6-9-15-25)29(34)22-33(27-18-12-13-19-28(27)38-4)39(36,37)26-16-10-7-11-17-26/h6-19,23-24H,5,20-22H2,1-4H3,(H,31,35)/t23-,24+/m1/s1. The fourth-order valence-electron chi connectivity index (χ4n) is 4.10. The van der Waals surface area contributed by atoms with Crippen LogP contribution in [0, 0.1) is 0 Å². The maximum atomic E-state index is 13.9. The van der Waals surface area contributed by atoms with Crippen molar-refractivity contribution in [3.05, 3.63) is 90.5 Å². The second-order valence-electron chi connectivity index (χ2n) is 9.31. The summed E-state index contributed by atoms with van der Waals surface area (Å²) >= 11 is 0. The zero-order valence-corrected chi connectivity index (χ0v) is 23.7. The second-order valence-corrected chi connectivity index (χ2v) is 11.2. The molecule has 3 aromatic rings. The number of sulfonamides is 1. The third kappa shape index (κ3) is 7.60. The van der Waals surface area contributed by atoms with Crippen molar-refractivity contribution in [1.29, 1.82) is 0 Å². The van der Waals surface area contributed by atoms with Crippen LogP contribution in [-0.2, 0) is 26.0 Å². The molecule has 1 N–H and O–H groups in total. The van der Waals surface area contributed by atoms with Gasteiger partial charge in [0.15, 0.2) is 0 Å². The minimum Gasteiger partial charge on any atom is -0.495 e. The Morgan fingerprint density at radius 2 is 1.49 bits per heavy atom. The molecular weight excluding hydrogens is 514 g/mol. The Morgan fingerprint density at radius 3 is 2.10 bits per heavy atom. The van der Waals surface area contributed by atoms with Crippen molar-refractivity contribution in [3.8, 4) is 5.75 Å². The number of carbonyl (C=O) groups is 2. The van der Waals surface area contributed by atoms with E-state index in [0.717, 1.165) is 16.3 Å². The molecule has 2 amide bonds. The SMILES string of the molecule is CC[C@@H](C)NC(=O)[C@H](C)N(CCc1ccccc1)C(=O)CN(c1ccccc1OC)S(=O)(=O)c1ccccc1. The largest absolute Gasteiger partial charge is 0.495 e. The number of amides is 2. The number of hydrogen-bond acceptors (Lipinski definition) is 5. The van der Waals surface area contributed by atoms with Crippen LogP contribution in [0.5, 0.6) is 5.75 Å². The van der Waals surface area contributed by atoms with Gasteiger partial charge in [0.05, 0.1) is 17.7 Å². The topological polar surface area (TPSA) is 96.0 Å². The Kier molecular flexibility index (Phi) is 10.5. The molecule has 8 nitrogen and oxygen atoms in total. The van der Waals surface area contributed by atoms with Crippen LogP contribution < -0.4 is 14.4 Å². The van der Waals surface area contributed by atoms with Gasteiger partial charge in [0.1, 0.15) is 18.3 Å². The lowest BCUT2D eigenvalue weighted by atomic mass is 10.1. The molecule has 208 valence electrons. The first-order valence-electron chi connectivity index (χ1n) is 13.0. The lowest BCUT2D eigenvalue weighted by Crippen LogP contribution is -2.53.